The highest BCUT2D eigenvalue weighted by molar-refractivity contribution is 6.01. The third kappa shape index (κ3) is 3.40. The van der Waals surface area contributed by atoms with Crippen molar-refractivity contribution in [3.05, 3.63) is 26.4 Å². The van der Waals surface area contributed by atoms with Gasteiger partial charge in [-0.15, -0.1) is 0 Å². The Labute approximate surface area is 122 Å². The molecule has 1 heterocycles. The quantitative estimate of drug-likeness (QED) is 0.663. The fourth-order valence-corrected chi connectivity index (χ4v) is 1.95. The number of carbonyl (C=O) groups excluding carboxylic acids is 1. The summed E-state index contributed by atoms with van der Waals surface area (Å²) in [6.45, 7) is 2.38. The van der Waals surface area contributed by atoms with Gasteiger partial charge in [0.25, 0.3) is 5.56 Å². The zero-order valence-corrected chi connectivity index (χ0v) is 13.0. The van der Waals surface area contributed by atoms with Gasteiger partial charge in [-0.1, -0.05) is 0 Å². The smallest absolute Gasteiger partial charge is 0.332 e. The molecular weight excluding hydrogens is 276 g/mol. The molecule has 0 radical (unpaired) electrons. The first-order chi connectivity index (χ1) is 9.72. The van der Waals surface area contributed by atoms with Crippen LogP contribution in [0, 0.1) is 0 Å². The summed E-state index contributed by atoms with van der Waals surface area (Å²) in [7, 11) is 6.07. The second-order valence-electron chi connectivity index (χ2n) is 5.11. The lowest BCUT2D eigenvalue weighted by molar-refractivity contribution is 0.0839. The van der Waals surface area contributed by atoms with Gasteiger partial charge in [0.2, 0.25) is 0 Å². The maximum absolute atomic E-state index is 12.3. The van der Waals surface area contributed by atoms with Crippen LogP contribution in [0.15, 0.2) is 9.59 Å². The van der Waals surface area contributed by atoms with E-state index >= 15 is 0 Å². The molecule has 0 saturated carbocycles. The molecule has 0 aliphatic carbocycles. The first-order valence-electron chi connectivity index (χ1n) is 6.50. The van der Waals surface area contributed by atoms with Gasteiger partial charge in [0, 0.05) is 27.2 Å². The Bertz CT molecular complexity index is 647. The lowest BCUT2D eigenvalue weighted by Crippen LogP contribution is -2.44. The van der Waals surface area contributed by atoms with Crippen molar-refractivity contribution >= 4 is 11.6 Å². The van der Waals surface area contributed by atoms with Crippen molar-refractivity contribution in [1.29, 1.82) is 0 Å². The minimum atomic E-state index is -0.673. The Morgan fingerprint density at radius 1 is 1.33 bits per heavy atom. The van der Waals surface area contributed by atoms with Gasteiger partial charge in [-0.3, -0.25) is 23.6 Å². The molecule has 0 spiro atoms. The van der Waals surface area contributed by atoms with Gasteiger partial charge >= 0.3 is 5.69 Å². The number of ether oxygens (including phenoxy) is 1. The number of ketones is 1. The number of carbonyl (C=O) groups is 1. The predicted octanol–water partition coefficient (Wildman–Crippen LogP) is -1.18. The van der Waals surface area contributed by atoms with Crippen LogP contribution >= 0.6 is 0 Å². The van der Waals surface area contributed by atoms with E-state index in [-0.39, 0.29) is 24.0 Å². The van der Waals surface area contributed by atoms with Crippen LogP contribution in [0.4, 0.5) is 5.82 Å². The second kappa shape index (κ2) is 6.68. The number of nitrogens with zero attached hydrogens (tertiary/aromatic N) is 3. The lowest BCUT2D eigenvalue weighted by atomic mass is 10.1. The molecule has 2 N–H and O–H groups in total. The first-order valence-corrected chi connectivity index (χ1v) is 6.50. The van der Waals surface area contributed by atoms with Crippen molar-refractivity contribution in [2.45, 2.75) is 13.0 Å². The van der Waals surface area contributed by atoms with Crippen molar-refractivity contribution in [2.24, 2.45) is 14.1 Å². The number of methoxy groups -OCH3 is 1. The van der Waals surface area contributed by atoms with E-state index in [0.717, 1.165) is 9.13 Å². The fourth-order valence-electron chi connectivity index (χ4n) is 1.95. The van der Waals surface area contributed by atoms with Crippen LogP contribution in [0.2, 0.25) is 0 Å². The Kier molecular flexibility index (Phi) is 5.45. The third-order valence-corrected chi connectivity index (χ3v) is 3.54. The Morgan fingerprint density at radius 3 is 2.43 bits per heavy atom. The highest BCUT2D eigenvalue weighted by Gasteiger charge is 2.22. The van der Waals surface area contributed by atoms with E-state index in [1.54, 1.807) is 19.1 Å². The molecule has 8 nitrogen and oxygen atoms in total. The molecule has 118 valence electrons. The summed E-state index contributed by atoms with van der Waals surface area (Å²) in [6, 6.07) is 0.0107. The van der Waals surface area contributed by atoms with Crippen molar-refractivity contribution in [1.82, 2.24) is 14.0 Å². The zero-order chi connectivity index (χ0) is 16.3. The van der Waals surface area contributed by atoms with Crippen LogP contribution in [0.25, 0.3) is 0 Å². The van der Waals surface area contributed by atoms with Crippen molar-refractivity contribution < 1.29 is 9.53 Å². The van der Waals surface area contributed by atoms with Gasteiger partial charge in [0.1, 0.15) is 11.4 Å². The van der Waals surface area contributed by atoms with Crippen LogP contribution in [0.3, 0.4) is 0 Å². The predicted molar refractivity (Wildman–Crippen MR) is 79.6 cm³/mol. The van der Waals surface area contributed by atoms with Crippen LogP contribution < -0.4 is 17.0 Å². The molecule has 0 bridgehead atoms. The monoisotopic (exact) mass is 298 g/mol. The number of aromatic nitrogens is 2. The van der Waals surface area contributed by atoms with Gasteiger partial charge in [0.05, 0.1) is 13.2 Å². The minimum absolute atomic E-state index is 0.0107. The Hall–Kier alpha value is -1.93. The molecule has 0 aromatic carbocycles. The maximum Gasteiger partial charge on any atom is 0.332 e. The van der Waals surface area contributed by atoms with Gasteiger partial charge in [-0.05, 0) is 14.0 Å². The lowest BCUT2D eigenvalue weighted by Gasteiger charge is -2.23. The molecule has 0 amide bonds. The Morgan fingerprint density at radius 2 is 1.90 bits per heavy atom. The van der Waals surface area contributed by atoms with Crippen LogP contribution in [0.1, 0.15) is 17.3 Å². The topological polar surface area (TPSA) is 99.6 Å². The maximum atomic E-state index is 12.3. The molecule has 21 heavy (non-hydrogen) atoms. The van der Waals surface area contributed by atoms with E-state index in [1.165, 1.54) is 14.1 Å². The summed E-state index contributed by atoms with van der Waals surface area (Å²) in [4.78, 5) is 37.9. The second-order valence-corrected chi connectivity index (χ2v) is 5.11. The zero-order valence-electron chi connectivity index (χ0n) is 13.0. The highest BCUT2D eigenvalue weighted by atomic mass is 16.5. The summed E-state index contributed by atoms with van der Waals surface area (Å²) < 4.78 is 6.99. The van der Waals surface area contributed by atoms with Crippen molar-refractivity contribution in [3.8, 4) is 0 Å². The van der Waals surface area contributed by atoms with E-state index in [9.17, 15) is 14.4 Å². The summed E-state index contributed by atoms with van der Waals surface area (Å²) >= 11 is 0. The molecule has 1 aromatic rings. The summed E-state index contributed by atoms with van der Waals surface area (Å²) in [6.07, 6.45) is 0. The molecule has 1 aromatic heterocycles. The molecular formula is C13H22N4O4. The number of Topliss-reactive ketones (excluding diaryl/α,β-unsaturated/α-hetero) is 1. The molecule has 0 aliphatic heterocycles. The molecule has 1 atom stereocenters. The number of likely N-dealkylation sites (N-methyl/N-ethyl adjacent to an activating group) is 1. The fraction of sp³-hybridized carbons (Fsp3) is 0.615. The molecule has 0 saturated heterocycles. The SMILES string of the molecule is COC[C@H](C)N(C)CC(=O)c1c(N)n(C)c(=O)n(C)c1=O. The van der Waals surface area contributed by atoms with Crippen LogP contribution in [-0.4, -0.2) is 53.2 Å². The number of nitrogen functional groups attached to an aromatic ring is 1. The van der Waals surface area contributed by atoms with Gasteiger partial charge in [0.15, 0.2) is 5.78 Å². The minimum Gasteiger partial charge on any atom is -0.384 e. The van der Waals surface area contributed by atoms with E-state index in [1.807, 2.05) is 6.92 Å². The van der Waals surface area contributed by atoms with E-state index in [4.69, 9.17) is 10.5 Å². The molecule has 0 aliphatic rings. The van der Waals surface area contributed by atoms with Crippen molar-refractivity contribution in [2.75, 3.05) is 33.0 Å². The standard InChI is InChI=1S/C13H22N4O4/c1-8(7-21-5)15(2)6-9(18)10-11(14)16(3)13(20)17(4)12(10)19/h8H,6-7,14H2,1-5H3/t8-/m0/s1. The largest absolute Gasteiger partial charge is 0.384 e. The molecule has 1 rings (SSSR count). The van der Waals surface area contributed by atoms with Crippen molar-refractivity contribution in [3.63, 3.8) is 0 Å². The highest BCUT2D eigenvalue weighted by Crippen LogP contribution is 2.06. The number of anilines is 1. The Balaban J connectivity index is 3.15. The van der Waals surface area contributed by atoms with Gasteiger partial charge in [-0.2, -0.15) is 0 Å². The average molecular weight is 298 g/mol. The number of rotatable bonds is 6. The third-order valence-electron chi connectivity index (χ3n) is 3.54. The number of nitrogens with two attached hydrogens (primary N) is 1. The van der Waals surface area contributed by atoms with Crippen LogP contribution in [0.5, 0.6) is 0 Å². The van der Waals surface area contributed by atoms with E-state index in [2.05, 4.69) is 0 Å². The van der Waals surface area contributed by atoms with E-state index in [0.29, 0.717) is 6.61 Å². The van der Waals surface area contributed by atoms with Crippen LogP contribution in [-0.2, 0) is 18.8 Å². The summed E-state index contributed by atoms with van der Waals surface area (Å²) in [5.41, 5.74) is 4.36. The average Bonchev–Trinajstić information content (AvgIpc) is 2.43. The molecule has 0 unspecified atom stereocenters. The molecule has 0 fully saturated rings. The van der Waals surface area contributed by atoms with Gasteiger partial charge < -0.3 is 10.5 Å². The normalized spacial score (nSPS) is 12.7. The number of hydrogen-bond donors (Lipinski definition) is 1. The summed E-state index contributed by atoms with van der Waals surface area (Å²) in [5.74, 6) is -0.532. The summed E-state index contributed by atoms with van der Waals surface area (Å²) in [5, 5.41) is 0. The first kappa shape index (κ1) is 17.1. The van der Waals surface area contributed by atoms with Gasteiger partial charge in [-0.25, -0.2) is 4.79 Å². The number of hydrogen-bond acceptors (Lipinski definition) is 6. The molecule has 8 heteroatoms. The van der Waals surface area contributed by atoms with E-state index < -0.39 is 17.0 Å².